The molecule has 1 atom stereocenters. The first-order valence-corrected chi connectivity index (χ1v) is 5.53. The number of hydrogen-bond donors (Lipinski definition) is 2. The molecule has 15 heavy (non-hydrogen) atoms. The highest BCUT2D eigenvalue weighted by Gasteiger charge is 2.24. The molecule has 0 spiro atoms. The zero-order valence-corrected chi connectivity index (χ0v) is 9.92. The summed E-state index contributed by atoms with van der Waals surface area (Å²) in [6.07, 6.45) is 1.54. The van der Waals surface area contributed by atoms with E-state index in [9.17, 15) is 4.79 Å². The van der Waals surface area contributed by atoms with Crippen LogP contribution in [-0.4, -0.2) is 48.7 Å². The van der Waals surface area contributed by atoms with Crippen molar-refractivity contribution >= 4 is 5.91 Å². The zero-order chi connectivity index (χ0) is 11.5. The fourth-order valence-electron chi connectivity index (χ4n) is 1.66. The van der Waals surface area contributed by atoms with Gasteiger partial charge in [0.25, 0.3) is 0 Å². The molecule has 4 heteroatoms. The van der Waals surface area contributed by atoms with E-state index in [0.717, 1.165) is 19.5 Å². The number of aliphatic hydroxyl groups is 1. The molecule has 0 aromatic carbocycles. The number of likely N-dealkylation sites (N-methyl/N-ethyl adjacent to an activating group) is 1. The lowest BCUT2D eigenvalue weighted by molar-refractivity contribution is -0.132. The van der Waals surface area contributed by atoms with Crippen molar-refractivity contribution < 1.29 is 9.90 Å². The van der Waals surface area contributed by atoms with E-state index in [-0.39, 0.29) is 17.9 Å². The number of aliphatic hydroxyl groups excluding tert-OH is 1. The number of hydrogen-bond acceptors (Lipinski definition) is 3. The van der Waals surface area contributed by atoms with Gasteiger partial charge in [0.1, 0.15) is 0 Å². The summed E-state index contributed by atoms with van der Waals surface area (Å²) < 4.78 is 0. The second-order valence-electron chi connectivity index (χ2n) is 5.21. The van der Waals surface area contributed by atoms with Crippen molar-refractivity contribution in [3.63, 3.8) is 0 Å². The third-order valence-electron chi connectivity index (χ3n) is 2.92. The lowest BCUT2D eigenvalue weighted by Crippen LogP contribution is -2.49. The van der Waals surface area contributed by atoms with Crippen LogP contribution >= 0.6 is 0 Å². The van der Waals surface area contributed by atoms with Gasteiger partial charge in [0.05, 0.1) is 0 Å². The van der Waals surface area contributed by atoms with Crippen LogP contribution in [0.1, 0.15) is 26.7 Å². The molecule has 0 aromatic rings. The average molecular weight is 214 g/mol. The van der Waals surface area contributed by atoms with E-state index in [1.54, 1.807) is 4.90 Å². The topological polar surface area (TPSA) is 52.6 Å². The molecular formula is C11H22N2O2. The molecule has 1 aliphatic heterocycles. The van der Waals surface area contributed by atoms with Gasteiger partial charge < -0.3 is 15.3 Å². The van der Waals surface area contributed by atoms with Crippen LogP contribution < -0.4 is 5.32 Å². The van der Waals surface area contributed by atoms with Crippen LogP contribution in [0.2, 0.25) is 0 Å². The second kappa shape index (κ2) is 4.94. The number of nitrogens with one attached hydrogen (secondary N) is 1. The maximum Gasteiger partial charge on any atom is 0.222 e. The second-order valence-corrected chi connectivity index (χ2v) is 5.21. The smallest absolute Gasteiger partial charge is 0.222 e. The van der Waals surface area contributed by atoms with Gasteiger partial charge in [-0.1, -0.05) is 13.8 Å². The van der Waals surface area contributed by atoms with Crippen molar-refractivity contribution in [2.45, 2.75) is 32.7 Å². The highest BCUT2D eigenvalue weighted by atomic mass is 16.3. The summed E-state index contributed by atoms with van der Waals surface area (Å²) in [6.45, 7) is 5.80. The van der Waals surface area contributed by atoms with Crippen molar-refractivity contribution in [1.82, 2.24) is 10.2 Å². The van der Waals surface area contributed by atoms with Crippen LogP contribution in [0.15, 0.2) is 0 Å². The van der Waals surface area contributed by atoms with Crippen LogP contribution in [-0.2, 0) is 4.79 Å². The Morgan fingerprint density at radius 1 is 1.60 bits per heavy atom. The Hall–Kier alpha value is -0.610. The summed E-state index contributed by atoms with van der Waals surface area (Å²) in [5.41, 5.74) is -0.0833. The van der Waals surface area contributed by atoms with E-state index in [1.165, 1.54) is 0 Å². The predicted molar refractivity (Wildman–Crippen MR) is 59.5 cm³/mol. The molecule has 88 valence electrons. The number of carbonyl (C=O) groups excluding carboxylic acids is 1. The van der Waals surface area contributed by atoms with E-state index in [0.29, 0.717) is 12.5 Å². The lowest BCUT2D eigenvalue weighted by Gasteiger charge is -2.33. The summed E-state index contributed by atoms with van der Waals surface area (Å²) in [6, 6.07) is 0.374. The minimum Gasteiger partial charge on any atom is -0.396 e. The number of rotatable bonds is 4. The quantitative estimate of drug-likeness (QED) is 0.703. The lowest BCUT2D eigenvalue weighted by atomic mass is 9.94. The van der Waals surface area contributed by atoms with Crippen molar-refractivity contribution in [3.05, 3.63) is 0 Å². The summed E-state index contributed by atoms with van der Waals surface area (Å²) in [4.78, 5) is 13.0. The highest BCUT2D eigenvalue weighted by Crippen LogP contribution is 2.14. The molecular weight excluding hydrogens is 192 g/mol. The number of amides is 1. The number of piperidine rings is 1. The van der Waals surface area contributed by atoms with Crippen LogP contribution in [0.25, 0.3) is 0 Å². The van der Waals surface area contributed by atoms with Crippen molar-refractivity contribution in [1.29, 1.82) is 0 Å². The summed E-state index contributed by atoms with van der Waals surface area (Å²) in [7, 11) is 1.84. The first kappa shape index (κ1) is 12.5. The fourth-order valence-corrected chi connectivity index (χ4v) is 1.66. The summed E-state index contributed by atoms with van der Waals surface area (Å²) in [5, 5.41) is 12.5. The minimum atomic E-state index is -0.0833. The molecule has 2 N–H and O–H groups in total. The molecule has 1 rings (SSSR count). The normalized spacial score (nSPS) is 23.3. The maximum atomic E-state index is 11.3. The molecule has 1 fully saturated rings. The Labute approximate surface area is 91.6 Å². The standard InChI is InChI=1S/C11H22N2O2/c1-11(2,8-14)7-12-9-4-5-10(15)13(3)6-9/h9,12,14H,4-8H2,1-3H3. The molecule has 1 heterocycles. The highest BCUT2D eigenvalue weighted by molar-refractivity contribution is 5.76. The molecule has 0 radical (unpaired) electrons. The number of carbonyl (C=O) groups is 1. The van der Waals surface area contributed by atoms with Gasteiger partial charge >= 0.3 is 0 Å². The Kier molecular flexibility index (Phi) is 4.11. The predicted octanol–water partition coefficient (Wildman–Crippen LogP) is 0.215. The van der Waals surface area contributed by atoms with Crippen molar-refractivity contribution in [2.75, 3.05) is 26.7 Å². The van der Waals surface area contributed by atoms with E-state index >= 15 is 0 Å². The summed E-state index contributed by atoms with van der Waals surface area (Å²) >= 11 is 0. The number of nitrogens with zero attached hydrogens (tertiary/aromatic N) is 1. The van der Waals surface area contributed by atoms with Gasteiger partial charge in [-0.2, -0.15) is 0 Å². The first-order chi connectivity index (χ1) is 6.94. The van der Waals surface area contributed by atoms with Crippen LogP contribution in [0, 0.1) is 5.41 Å². The largest absolute Gasteiger partial charge is 0.396 e. The Morgan fingerprint density at radius 2 is 2.27 bits per heavy atom. The van der Waals surface area contributed by atoms with Crippen LogP contribution in [0.4, 0.5) is 0 Å². The Bertz CT molecular complexity index is 229. The Balaban J connectivity index is 2.31. The monoisotopic (exact) mass is 214 g/mol. The van der Waals surface area contributed by atoms with E-state index < -0.39 is 0 Å². The van der Waals surface area contributed by atoms with Crippen LogP contribution in [0.5, 0.6) is 0 Å². The molecule has 1 saturated heterocycles. The Morgan fingerprint density at radius 3 is 2.80 bits per heavy atom. The molecule has 0 saturated carbocycles. The first-order valence-electron chi connectivity index (χ1n) is 5.53. The third kappa shape index (κ3) is 3.80. The van der Waals surface area contributed by atoms with E-state index in [1.807, 2.05) is 20.9 Å². The van der Waals surface area contributed by atoms with Crippen LogP contribution in [0.3, 0.4) is 0 Å². The SMILES string of the molecule is CN1CC(NCC(C)(C)CO)CCC1=O. The van der Waals surface area contributed by atoms with Gasteiger partial charge in [-0.15, -0.1) is 0 Å². The maximum absolute atomic E-state index is 11.3. The molecule has 0 aliphatic carbocycles. The fraction of sp³-hybridized carbons (Fsp3) is 0.909. The van der Waals surface area contributed by atoms with Gasteiger partial charge in [-0.25, -0.2) is 0 Å². The molecule has 0 bridgehead atoms. The van der Waals surface area contributed by atoms with Gasteiger partial charge in [-0.3, -0.25) is 4.79 Å². The van der Waals surface area contributed by atoms with Gasteiger partial charge in [0, 0.05) is 44.6 Å². The van der Waals surface area contributed by atoms with E-state index in [2.05, 4.69) is 5.32 Å². The third-order valence-corrected chi connectivity index (χ3v) is 2.92. The van der Waals surface area contributed by atoms with Crippen molar-refractivity contribution in [3.8, 4) is 0 Å². The van der Waals surface area contributed by atoms with E-state index in [4.69, 9.17) is 5.11 Å². The molecule has 1 unspecified atom stereocenters. The molecule has 0 aromatic heterocycles. The van der Waals surface area contributed by atoms with Gasteiger partial charge in [-0.05, 0) is 6.42 Å². The number of likely N-dealkylation sites (tertiary alicyclic amines) is 1. The minimum absolute atomic E-state index is 0.0833. The average Bonchev–Trinajstić information content (AvgIpc) is 2.20. The molecule has 1 amide bonds. The zero-order valence-electron chi connectivity index (χ0n) is 9.92. The summed E-state index contributed by atoms with van der Waals surface area (Å²) in [5.74, 6) is 0.231. The molecule has 4 nitrogen and oxygen atoms in total. The van der Waals surface area contributed by atoms with Crippen molar-refractivity contribution in [2.24, 2.45) is 5.41 Å². The molecule has 1 aliphatic rings. The van der Waals surface area contributed by atoms with Gasteiger partial charge in [0.2, 0.25) is 5.91 Å². The van der Waals surface area contributed by atoms with Gasteiger partial charge in [0.15, 0.2) is 0 Å².